The Morgan fingerprint density at radius 3 is 1.53 bits per heavy atom. The number of benzene rings is 1. The average Bonchev–Trinajstić information content (AvgIpc) is 3.43. The van der Waals surface area contributed by atoms with E-state index in [0.29, 0.717) is 62.5 Å². The normalized spacial score (nSPS) is 22.1. The predicted molar refractivity (Wildman–Crippen MR) is 119 cm³/mol. The van der Waals surface area contributed by atoms with Crippen molar-refractivity contribution in [3.05, 3.63) is 35.4 Å². The minimum Gasteiger partial charge on any atom is -0.461 e. The van der Waals surface area contributed by atoms with E-state index in [4.69, 9.17) is 18.9 Å². The Morgan fingerprint density at radius 2 is 1.19 bits per heavy atom. The van der Waals surface area contributed by atoms with Crippen molar-refractivity contribution in [2.45, 2.75) is 40.2 Å². The van der Waals surface area contributed by atoms with Crippen molar-refractivity contribution in [2.24, 2.45) is 11.8 Å². The van der Waals surface area contributed by atoms with Crippen molar-refractivity contribution in [1.82, 2.24) is 9.80 Å². The van der Waals surface area contributed by atoms with Crippen molar-refractivity contribution in [2.75, 3.05) is 52.6 Å². The zero-order valence-corrected chi connectivity index (χ0v) is 19.6. The molecule has 0 saturated carbocycles. The topological polar surface area (TPSA) is 77.5 Å². The molecule has 2 saturated heterocycles. The van der Waals surface area contributed by atoms with Gasteiger partial charge in [0.05, 0.1) is 24.3 Å². The van der Waals surface area contributed by atoms with Crippen molar-refractivity contribution in [1.29, 1.82) is 0 Å². The van der Waals surface area contributed by atoms with Gasteiger partial charge in [-0.25, -0.2) is 9.59 Å². The van der Waals surface area contributed by atoms with Gasteiger partial charge in [0, 0.05) is 26.2 Å². The third-order valence-electron chi connectivity index (χ3n) is 5.77. The lowest BCUT2D eigenvalue weighted by atomic mass is 10.1. The maximum absolute atomic E-state index is 12.3. The molecule has 2 atom stereocenters. The molecule has 0 aliphatic carbocycles. The molecule has 178 valence electrons. The highest BCUT2D eigenvalue weighted by molar-refractivity contribution is 5.93. The lowest BCUT2D eigenvalue weighted by Crippen LogP contribution is -2.37. The lowest BCUT2D eigenvalue weighted by molar-refractivity contribution is -0.0113. The molecular formula is C24H36N2O6. The summed E-state index contributed by atoms with van der Waals surface area (Å²) in [6, 6.07) is 6.38. The van der Waals surface area contributed by atoms with Crippen LogP contribution in [0.2, 0.25) is 0 Å². The van der Waals surface area contributed by atoms with Gasteiger partial charge in [0.15, 0.2) is 0 Å². The Labute approximate surface area is 190 Å². The Bertz CT molecular complexity index is 688. The molecule has 3 rings (SSSR count). The van der Waals surface area contributed by atoms with E-state index in [1.807, 2.05) is 0 Å². The summed E-state index contributed by atoms with van der Waals surface area (Å²) in [6.45, 7) is 13.4. The number of carbonyl (C=O) groups is 2. The molecule has 0 bridgehead atoms. The number of rotatable bonds is 10. The smallest absolute Gasteiger partial charge is 0.338 e. The van der Waals surface area contributed by atoms with Crippen LogP contribution in [0.3, 0.4) is 0 Å². The Kier molecular flexibility index (Phi) is 9.04. The maximum atomic E-state index is 12.3. The number of nitrogens with zero attached hydrogens (tertiary/aromatic N) is 2. The van der Waals surface area contributed by atoms with Crippen LogP contribution in [0.5, 0.6) is 0 Å². The standard InChI is InChI=1S/C24H36N2O6/c1-17(2)21-25(9-13-29-21)11-15-31-23(27)19-5-7-20(8-6-19)24(28)32-16-12-26-10-14-30-22(26)18(3)4/h5-8,17-18,21-22H,9-16H2,1-4H3. The van der Waals surface area contributed by atoms with E-state index in [1.54, 1.807) is 24.3 Å². The SMILES string of the molecule is CC(C)C1OCCN1CCOC(=O)c1ccc(C(=O)OCCN2CCOC2C(C)C)cc1. The summed E-state index contributed by atoms with van der Waals surface area (Å²) in [4.78, 5) is 29.0. The van der Waals surface area contributed by atoms with E-state index < -0.39 is 11.9 Å². The largest absolute Gasteiger partial charge is 0.461 e. The van der Waals surface area contributed by atoms with Crippen molar-refractivity contribution in [3.63, 3.8) is 0 Å². The van der Waals surface area contributed by atoms with Gasteiger partial charge in [-0.2, -0.15) is 0 Å². The summed E-state index contributed by atoms with van der Waals surface area (Å²) < 4.78 is 22.2. The second-order valence-corrected chi connectivity index (χ2v) is 8.93. The molecule has 0 spiro atoms. The summed E-state index contributed by atoms with van der Waals surface area (Å²) in [7, 11) is 0. The molecule has 0 aromatic heterocycles. The van der Waals surface area contributed by atoms with Crippen LogP contribution in [0.4, 0.5) is 0 Å². The molecule has 1 aromatic carbocycles. The highest BCUT2D eigenvalue weighted by atomic mass is 16.5. The first kappa shape index (κ1) is 24.6. The number of hydrogen-bond acceptors (Lipinski definition) is 8. The molecule has 2 aliphatic heterocycles. The molecule has 8 heteroatoms. The summed E-state index contributed by atoms with van der Waals surface area (Å²) >= 11 is 0. The fraction of sp³-hybridized carbons (Fsp3) is 0.667. The summed E-state index contributed by atoms with van der Waals surface area (Å²) in [5.41, 5.74) is 0.822. The molecule has 0 N–H and O–H groups in total. The summed E-state index contributed by atoms with van der Waals surface area (Å²) in [5.74, 6) is -0.0265. The van der Waals surface area contributed by atoms with Crippen LogP contribution in [0.25, 0.3) is 0 Å². The highest BCUT2D eigenvalue weighted by Crippen LogP contribution is 2.18. The van der Waals surface area contributed by atoms with Gasteiger partial charge in [-0.15, -0.1) is 0 Å². The van der Waals surface area contributed by atoms with Crippen LogP contribution in [-0.4, -0.2) is 86.8 Å². The van der Waals surface area contributed by atoms with E-state index in [1.165, 1.54) is 0 Å². The van der Waals surface area contributed by atoms with Gasteiger partial charge in [-0.3, -0.25) is 9.80 Å². The van der Waals surface area contributed by atoms with Gasteiger partial charge in [0.1, 0.15) is 25.7 Å². The van der Waals surface area contributed by atoms with Crippen molar-refractivity contribution in [3.8, 4) is 0 Å². The molecule has 32 heavy (non-hydrogen) atoms. The lowest BCUT2D eigenvalue weighted by Gasteiger charge is -2.25. The predicted octanol–water partition coefficient (Wildman–Crippen LogP) is 2.63. The number of hydrogen-bond donors (Lipinski definition) is 0. The molecule has 0 amide bonds. The van der Waals surface area contributed by atoms with Gasteiger partial charge < -0.3 is 18.9 Å². The molecule has 2 heterocycles. The average molecular weight is 449 g/mol. The first-order valence-electron chi connectivity index (χ1n) is 11.5. The number of carbonyl (C=O) groups excluding carboxylic acids is 2. The van der Waals surface area contributed by atoms with Crippen LogP contribution in [-0.2, 0) is 18.9 Å². The molecule has 2 fully saturated rings. The first-order valence-corrected chi connectivity index (χ1v) is 11.5. The number of ether oxygens (including phenoxy) is 4. The molecule has 2 unspecified atom stereocenters. The molecule has 0 radical (unpaired) electrons. The van der Waals surface area contributed by atoms with E-state index in [0.717, 1.165) is 13.1 Å². The van der Waals surface area contributed by atoms with Gasteiger partial charge in [-0.1, -0.05) is 27.7 Å². The van der Waals surface area contributed by atoms with Crippen LogP contribution in [0.15, 0.2) is 24.3 Å². The van der Waals surface area contributed by atoms with Gasteiger partial charge >= 0.3 is 11.9 Å². The minimum atomic E-state index is -0.403. The van der Waals surface area contributed by atoms with Crippen LogP contribution in [0.1, 0.15) is 48.4 Å². The highest BCUT2D eigenvalue weighted by Gasteiger charge is 2.28. The van der Waals surface area contributed by atoms with E-state index in [9.17, 15) is 9.59 Å². The molecule has 1 aromatic rings. The monoisotopic (exact) mass is 448 g/mol. The van der Waals surface area contributed by atoms with E-state index in [2.05, 4.69) is 37.5 Å². The fourth-order valence-electron chi connectivity index (χ4n) is 4.17. The zero-order valence-electron chi connectivity index (χ0n) is 19.6. The second kappa shape index (κ2) is 11.7. The van der Waals surface area contributed by atoms with Crippen LogP contribution >= 0.6 is 0 Å². The summed E-state index contributed by atoms with van der Waals surface area (Å²) in [5, 5.41) is 0. The fourth-order valence-corrected chi connectivity index (χ4v) is 4.17. The Hall–Kier alpha value is -2.00. The third kappa shape index (κ3) is 6.51. The molecule has 2 aliphatic rings. The quantitative estimate of drug-likeness (QED) is 0.506. The second-order valence-electron chi connectivity index (χ2n) is 8.93. The van der Waals surface area contributed by atoms with E-state index >= 15 is 0 Å². The first-order chi connectivity index (χ1) is 15.4. The maximum Gasteiger partial charge on any atom is 0.338 e. The van der Waals surface area contributed by atoms with Gasteiger partial charge in [0.2, 0.25) is 0 Å². The van der Waals surface area contributed by atoms with Crippen LogP contribution in [0, 0.1) is 11.8 Å². The molecule has 8 nitrogen and oxygen atoms in total. The van der Waals surface area contributed by atoms with Crippen molar-refractivity contribution >= 4 is 11.9 Å². The van der Waals surface area contributed by atoms with Gasteiger partial charge in [-0.05, 0) is 36.1 Å². The van der Waals surface area contributed by atoms with Crippen LogP contribution < -0.4 is 0 Å². The Morgan fingerprint density at radius 1 is 0.812 bits per heavy atom. The third-order valence-corrected chi connectivity index (χ3v) is 5.77. The van der Waals surface area contributed by atoms with E-state index in [-0.39, 0.29) is 12.5 Å². The van der Waals surface area contributed by atoms with Gasteiger partial charge in [0.25, 0.3) is 0 Å². The number of esters is 2. The minimum absolute atomic E-state index is 0.0771. The van der Waals surface area contributed by atoms with Crippen molar-refractivity contribution < 1.29 is 28.5 Å². The molecular weight excluding hydrogens is 412 g/mol. The Balaban J connectivity index is 1.40. The summed E-state index contributed by atoms with van der Waals surface area (Å²) in [6.07, 6.45) is 0.154. The zero-order chi connectivity index (χ0) is 23.1.